The van der Waals surface area contributed by atoms with E-state index < -0.39 is 11.7 Å². The Hall–Kier alpha value is -1.22. The molecule has 1 fully saturated rings. The maximum atomic E-state index is 13.0. The summed E-state index contributed by atoms with van der Waals surface area (Å²) in [4.78, 5) is 7.89. The fourth-order valence-corrected chi connectivity index (χ4v) is 2.55. The van der Waals surface area contributed by atoms with E-state index in [1.165, 1.54) is 12.3 Å². The molecule has 0 aromatic carbocycles. The number of pyridine rings is 1. The number of nitrogens with zero attached hydrogens (tertiary/aromatic N) is 3. The van der Waals surface area contributed by atoms with Gasteiger partial charge < -0.3 is 9.84 Å². The van der Waals surface area contributed by atoms with Gasteiger partial charge in [-0.25, -0.2) is 0 Å². The SMILES string of the molecule is OCCN(CCN1CCOCC1)Cc1ncccc1C(F)(F)F. The summed E-state index contributed by atoms with van der Waals surface area (Å²) in [6.45, 7) is 4.60. The minimum atomic E-state index is -4.42. The molecule has 130 valence electrons. The van der Waals surface area contributed by atoms with Crippen molar-refractivity contribution in [3.8, 4) is 0 Å². The molecule has 0 atom stereocenters. The third-order valence-electron chi connectivity index (χ3n) is 3.82. The first kappa shape index (κ1) is 18.1. The molecule has 1 aromatic heterocycles. The van der Waals surface area contributed by atoms with Gasteiger partial charge in [0.2, 0.25) is 0 Å². The van der Waals surface area contributed by atoms with Crippen molar-refractivity contribution in [2.75, 3.05) is 52.5 Å². The van der Waals surface area contributed by atoms with E-state index in [4.69, 9.17) is 9.84 Å². The zero-order valence-corrected chi connectivity index (χ0v) is 12.9. The van der Waals surface area contributed by atoms with Crippen LogP contribution in [-0.4, -0.2) is 72.4 Å². The highest BCUT2D eigenvalue weighted by atomic mass is 19.4. The van der Waals surface area contributed by atoms with E-state index in [0.29, 0.717) is 26.3 Å². The highest BCUT2D eigenvalue weighted by Gasteiger charge is 2.34. The second kappa shape index (κ2) is 8.58. The van der Waals surface area contributed by atoms with Crippen molar-refractivity contribution in [1.82, 2.24) is 14.8 Å². The minimum absolute atomic E-state index is 0.00423. The molecule has 1 aliphatic heterocycles. The standard InChI is InChI=1S/C15H22F3N3O2/c16-15(17,18)13-2-1-3-19-14(13)12-21(6-9-22)5-4-20-7-10-23-11-8-20/h1-3,22H,4-12H2. The first-order valence-corrected chi connectivity index (χ1v) is 7.65. The molecule has 23 heavy (non-hydrogen) atoms. The van der Waals surface area contributed by atoms with E-state index in [1.54, 1.807) is 4.90 Å². The molecule has 0 amide bonds. The Morgan fingerprint density at radius 3 is 2.65 bits per heavy atom. The Labute approximate surface area is 133 Å². The van der Waals surface area contributed by atoms with Crippen LogP contribution in [0.4, 0.5) is 13.2 Å². The van der Waals surface area contributed by atoms with Crippen LogP contribution in [0.1, 0.15) is 11.3 Å². The zero-order valence-electron chi connectivity index (χ0n) is 12.9. The molecule has 0 bridgehead atoms. The van der Waals surface area contributed by atoms with Crippen molar-refractivity contribution in [1.29, 1.82) is 0 Å². The smallest absolute Gasteiger partial charge is 0.395 e. The van der Waals surface area contributed by atoms with E-state index in [1.807, 2.05) is 0 Å². The Morgan fingerprint density at radius 1 is 1.26 bits per heavy atom. The lowest BCUT2D eigenvalue weighted by Gasteiger charge is -2.30. The summed E-state index contributed by atoms with van der Waals surface area (Å²) >= 11 is 0. The summed E-state index contributed by atoms with van der Waals surface area (Å²) in [6, 6.07) is 2.33. The van der Waals surface area contributed by atoms with Crippen LogP contribution in [0.3, 0.4) is 0 Å². The van der Waals surface area contributed by atoms with Crippen molar-refractivity contribution in [2.24, 2.45) is 0 Å². The van der Waals surface area contributed by atoms with Gasteiger partial charge in [0.25, 0.3) is 0 Å². The number of hydrogen-bond acceptors (Lipinski definition) is 5. The minimum Gasteiger partial charge on any atom is -0.395 e. The second-order valence-corrected chi connectivity index (χ2v) is 5.45. The molecule has 8 heteroatoms. The predicted molar refractivity (Wildman–Crippen MR) is 78.9 cm³/mol. The van der Waals surface area contributed by atoms with Gasteiger partial charge in [-0.2, -0.15) is 13.2 Å². The lowest BCUT2D eigenvalue weighted by atomic mass is 10.1. The molecule has 1 saturated heterocycles. The fraction of sp³-hybridized carbons (Fsp3) is 0.667. The fourth-order valence-electron chi connectivity index (χ4n) is 2.55. The Bertz CT molecular complexity index is 479. The topological polar surface area (TPSA) is 48.8 Å². The quantitative estimate of drug-likeness (QED) is 0.813. The Balaban J connectivity index is 1.98. The molecule has 2 rings (SSSR count). The van der Waals surface area contributed by atoms with E-state index in [2.05, 4.69) is 9.88 Å². The first-order valence-electron chi connectivity index (χ1n) is 7.65. The van der Waals surface area contributed by atoms with Gasteiger partial charge in [-0.15, -0.1) is 0 Å². The number of alkyl halides is 3. The van der Waals surface area contributed by atoms with Crippen LogP contribution in [0.25, 0.3) is 0 Å². The maximum Gasteiger partial charge on any atom is 0.418 e. The van der Waals surface area contributed by atoms with Crippen molar-refractivity contribution in [2.45, 2.75) is 12.7 Å². The van der Waals surface area contributed by atoms with Gasteiger partial charge in [-0.3, -0.25) is 14.8 Å². The Kier molecular flexibility index (Phi) is 6.76. The molecule has 0 unspecified atom stereocenters. The second-order valence-electron chi connectivity index (χ2n) is 5.45. The molecular formula is C15H22F3N3O2. The van der Waals surface area contributed by atoms with Gasteiger partial charge in [-0.1, -0.05) is 0 Å². The van der Waals surface area contributed by atoms with Gasteiger partial charge in [0.1, 0.15) is 0 Å². The number of hydrogen-bond donors (Lipinski definition) is 1. The van der Waals surface area contributed by atoms with Crippen molar-refractivity contribution in [3.63, 3.8) is 0 Å². The van der Waals surface area contributed by atoms with Gasteiger partial charge in [-0.05, 0) is 12.1 Å². The number of halogens is 3. The van der Waals surface area contributed by atoms with Crippen LogP contribution in [0.5, 0.6) is 0 Å². The number of aliphatic hydroxyl groups excluding tert-OH is 1. The molecule has 5 nitrogen and oxygen atoms in total. The van der Waals surface area contributed by atoms with E-state index >= 15 is 0 Å². The number of rotatable bonds is 7. The average molecular weight is 333 g/mol. The summed E-state index contributed by atoms with van der Waals surface area (Å²) < 4.78 is 44.4. The van der Waals surface area contributed by atoms with Gasteiger partial charge in [0.15, 0.2) is 0 Å². The highest BCUT2D eigenvalue weighted by Crippen LogP contribution is 2.31. The van der Waals surface area contributed by atoms with Crippen LogP contribution < -0.4 is 0 Å². The monoisotopic (exact) mass is 333 g/mol. The molecule has 1 aromatic rings. The third-order valence-corrected chi connectivity index (χ3v) is 3.82. The third kappa shape index (κ3) is 5.72. The predicted octanol–water partition coefficient (Wildman–Crippen LogP) is 1.23. The number of ether oxygens (including phenoxy) is 1. The number of aliphatic hydroxyl groups is 1. The molecule has 1 aliphatic rings. The lowest BCUT2D eigenvalue weighted by Crippen LogP contribution is -2.42. The molecule has 0 saturated carbocycles. The highest BCUT2D eigenvalue weighted by molar-refractivity contribution is 5.22. The van der Waals surface area contributed by atoms with Crippen LogP contribution >= 0.6 is 0 Å². The van der Waals surface area contributed by atoms with E-state index in [9.17, 15) is 13.2 Å². The van der Waals surface area contributed by atoms with Crippen molar-refractivity contribution >= 4 is 0 Å². The zero-order chi connectivity index (χ0) is 16.7. The van der Waals surface area contributed by atoms with Crippen LogP contribution in [0.15, 0.2) is 18.3 Å². The average Bonchev–Trinajstić information content (AvgIpc) is 2.53. The molecule has 0 radical (unpaired) electrons. The number of morpholine rings is 1. The van der Waals surface area contributed by atoms with Crippen molar-refractivity contribution < 1.29 is 23.0 Å². The first-order chi connectivity index (χ1) is 11.0. The summed E-state index contributed by atoms with van der Waals surface area (Å²) in [6.07, 6.45) is -3.05. The largest absolute Gasteiger partial charge is 0.418 e. The molecule has 0 spiro atoms. The summed E-state index contributed by atoms with van der Waals surface area (Å²) in [5.41, 5.74) is -0.718. The van der Waals surface area contributed by atoms with Crippen molar-refractivity contribution in [3.05, 3.63) is 29.6 Å². The van der Waals surface area contributed by atoms with E-state index in [0.717, 1.165) is 25.7 Å². The van der Waals surface area contributed by atoms with Gasteiger partial charge >= 0.3 is 6.18 Å². The van der Waals surface area contributed by atoms with Crippen LogP contribution in [0.2, 0.25) is 0 Å². The molecule has 2 heterocycles. The molecular weight excluding hydrogens is 311 g/mol. The maximum absolute atomic E-state index is 13.0. The lowest BCUT2D eigenvalue weighted by molar-refractivity contribution is -0.138. The van der Waals surface area contributed by atoms with E-state index in [-0.39, 0.29) is 18.8 Å². The van der Waals surface area contributed by atoms with Crippen LogP contribution in [-0.2, 0) is 17.5 Å². The molecule has 1 N–H and O–H groups in total. The Morgan fingerprint density at radius 2 is 2.00 bits per heavy atom. The van der Waals surface area contributed by atoms with Gasteiger partial charge in [0, 0.05) is 45.5 Å². The summed E-state index contributed by atoms with van der Waals surface area (Å²) in [7, 11) is 0. The summed E-state index contributed by atoms with van der Waals surface area (Å²) in [5, 5.41) is 9.16. The van der Waals surface area contributed by atoms with Crippen LogP contribution in [0, 0.1) is 0 Å². The normalized spacial score (nSPS) is 16.9. The molecule has 0 aliphatic carbocycles. The number of aromatic nitrogens is 1. The van der Waals surface area contributed by atoms with Gasteiger partial charge in [0.05, 0.1) is 31.1 Å². The summed E-state index contributed by atoms with van der Waals surface area (Å²) in [5.74, 6) is 0.